The number of benzene rings is 3. The van der Waals surface area contributed by atoms with Crippen molar-refractivity contribution in [2.45, 2.75) is 18.7 Å². The maximum absolute atomic E-state index is 12.8. The Morgan fingerprint density at radius 2 is 1.73 bits per heavy atom. The Morgan fingerprint density at radius 1 is 0.970 bits per heavy atom. The molecule has 1 amide bonds. The lowest BCUT2D eigenvalue weighted by Gasteiger charge is -2.12. The van der Waals surface area contributed by atoms with Crippen LogP contribution in [-0.4, -0.2) is 34.8 Å². The largest absolute Gasteiger partial charge is 0.493 e. The molecule has 0 bridgehead atoms. The van der Waals surface area contributed by atoms with Gasteiger partial charge in [0, 0.05) is 11.1 Å². The van der Waals surface area contributed by atoms with Gasteiger partial charge in [0.05, 0.1) is 31.0 Å². The molecule has 3 rings (SSSR count). The number of carbonyl (C=O) groups is 1. The number of para-hydroxylation sites is 1. The minimum absolute atomic E-state index is 0.0337. The fraction of sp³-hybridized carbons (Fsp3) is 0.167. The number of carbonyl (C=O) groups excluding carboxylic acids is 1. The number of rotatable bonds is 8. The summed E-state index contributed by atoms with van der Waals surface area (Å²) in [6.07, 6.45) is 1.42. The topological polar surface area (TPSA) is 106 Å². The van der Waals surface area contributed by atoms with Crippen LogP contribution in [-0.2, 0) is 10.0 Å². The van der Waals surface area contributed by atoms with Crippen LogP contribution in [0.15, 0.2) is 70.7 Å². The molecule has 0 heterocycles. The van der Waals surface area contributed by atoms with E-state index in [1.807, 2.05) is 26.0 Å². The van der Waals surface area contributed by atoms with Crippen molar-refractivity contribution in [3.8, 4) is 11.5 Å². The van der Waals surface area contributed by atoms with Crippen LogP contribution in [0.4, 0.5) is 5.69 Å². The number of hydrogen-bond donors (Lipinski definition) is 2. The predicted molar refractivity (Wildman–Crippen MR) is 128 cm³/mol. The van der Waals surface area contributed by atoms with Crippen LogP contribution in [0.2, 0.25) is 0 Å². The molecule has 0 saturated carbocycles. The third kappa shape index (κ3) is 5.69. The summed E-state index contributed by atoms with van der Waals surface area (Å²) in [5.41, 5.74) is 5.46. The predicted octanol–water partition coefficient (Wildman–Crippen LogP) is 3.89. The third-order valence-electron chi connectivity index (χ3n) is 4.84. The summed E-state index contributed by atoms with van der Waals surface area (Å²) in [4.78, 5) is 12.5. The molecule has 33 heavy (non-hydrogen) atoms. The van der Waals surface area contributed by atoms with Gasteiger partial charge in [-0.15, -0.1) is 0 Å². The minimum Gasteiger partial charge on any atom is -0.493 e. The number of nitrogens with one attached hydrogen (secondary N) is 2. The maximum Gasteiger partial charge on any atom is 0.271 e. The molecule has 0 spiro atoms. The van der Waals surface area contributed by atoms with Gasteiger partial charge in [-0.1, -0.05) is 29.8 Å². The van der Waals surface area contributed by atoms with E-state index in [9.17, 15) is 13.2 Å². The molecule has 0 saturated heterocycles. The average molecular weight is 468 g/mol. The van der Waals surface area contributed by atoms with E-state index in [1.165, 1.54) is 44.7 Å². The highest BCUT2D eigenvalue weighted by Gasteiger charge is 2.17. The van der Waals surface area contributed by atoms with Gasteiger partial charge >= 0.3 is 0 Å². The van der Waals surface area contributed by atoms with Crippen molar-refractivity contribution in [3.63, 3.8) is 0 Å². The first kappa shape index (κ1) is 23.8. The second-order valence-corrected chi connectivity index (χ2v) is 8.92. The molecule has 0 fully saturated rings. The van der Waals surface area contributed by atoms with Crippen LogP contribution in [0, 0.1) is 13.8 Å². The minimum atomic E-state index is -3.88. The summed E-state index contributed by atoms with van der Waals surface area (Å²) in [5, 5.41) is 3.96. The first-order valence-corrected chi connectivity index (χ1v) is 11.5. The van der Waals surface area contributed by atoms with Gasteiger partial charge in [0.2, 0.25) is 0 Å². The van der Waals surface area contributed by atoms with E-state index >= 15 is 0 Å². The molecular weight excluding hydrogens is 442 g/mol. The van der Waals surface area contributed by atoms with Crippen LogP contribution >= 0.6 is 0 Å². The van der Waals surface area contributed by atoms with Gasteiger partial charge in [-0.3, -0.25) is 9.52 Å². The fourth-order valence-electron chi connectivity index (χ4n) is 3.17. The van der Waals surface area contributed by atoms with E-state index in [0.29, 0.717) is 22.7 Å². The maximum atomic E-state index is 12.8. The Balaban J connectivity index is 1.76. The van der Waals surface area contributed by atoms with E-state index in [0.717, 1.165) is 11.1 Å². The zero-order valence-corrected chi connectivity index (χ0v) is 19.6. The molecule has 0 aliphatic rings. The molecule has 172 valence electrons. The highest BCUT2D eigenvalue weighted by Crippen LogP contribution is 2.29. The number of amides is 1. The van der Waals surface area contributed by atoms with Crippen molar-refractivity contribution in [2.75, 3.05) is 18.9 Å². The molecule has 0 aromatic heterocycles. The number of aryl methyl sites for hydroxylation is 2. The first-order valence-electron chi connectivity index (χ1n) is 9.99. The molecule has 2 N–H and O–H groups in total. The first-order chi connectivity index (χ1) is 15.7. The lowest BCUT2D eigenvalue weighted by Crippen LogP contribution is -2.19. The quantitative estimate of drug-likeness (QED) is 0.386. The summed E-state index contributed by atoms with van der Waals surface area (Å²) >= 11 is 0. The van der Waals surface area contributed by atoms with Gasteiger partial charge < -0.3 is 9.47 Å². The van der Waals surface area contributed by atoms with Crippen LogP contribution < -0.4 is 19.6 Å². The number of anilines is 1. The Bertz CT molecular complexity index is 1300. The molecule has 0 atom stereocenters. The fourth-order valence-corrected chi connectivity index (χ4v) is 4.35. The zero-order valence-electron chi connectivity index (χ0n) is 18.7. The van der Waals surface area contributed by atoms with Crippen molar-refractivity contribution in [2.24, 2.45) is 5.10 Å². The number of methoxy groups -OCH3 is 2. The molecule has 8 nitrogen and oxygen atoms in total. The van der Waals surface area contributed by atoms with Gasteiger partial charge in [0.15, 0.2) is 11.5 Å². The lowest BCUT2D eigenvalue weighted by molar-refractivity contribution is 0.0955. The summed E-state index contributed by atoms with van der Waals surface area (Å²) < 4.78 is 38.8. The van der Waals surface area contributed by atoms with Crippen LogP contribution in [0.1, 0.15) is 27.0 Å². The Hall–Kier alpha value is -3.85. The zero-order chi connectivity index (χ0) is 24.0. The molecule has 0 radical (unpaired) electrons. The highest BCUT2D eigenvalue weighted by molar-refractivity contribution is 7.92. The molecule has 0 aliphatic carbocycles. The number of ether oxygens (including phenoxy) is 2. The van der Waals surface area contributed by atoms with E-state index in [-0.39, 0.29) is 10.5 Å². The van der Waals surface area contributed by atoms with Gasteiger partial charge in [-0.25, -0.2) is 13.8 Å². The van der Waals surface area contributed by atoms with E-state index in [1.54, 1.807) is 24.3 Å². The van der Waals surface area contributed by atoms with Crippen molar-refractivity contribution < 1.29 is 22.7 Å². The van der Waals surface area contributed by atoms with Crippen molar-refractivity contribution in [1.82, 2.24) is 5.43 Å². The monoisotopic (exact) mass is 467 g/mol. The smallest absolute Gasteiger partial charge is 0.271 e. The molecule has 9 heteroatoms. The van der Waals surface area contributed by atoms with Crippen LogP contribution in [0.3, 0.4) is 0 Å². The number of sulfonamides is 1. The lowest BCUT2D eigenvalue weighted by atomic mass is 10.1. The van der Waals surface area contributed by atoms with E-state index in [4.69, 9.17) is 9.47 Å². The average Bonchev–Trinajstić information content (AvgIpc) is 2.80. The molecular formula is C24H25N3O5S. The van der Waals surface area contributed by atoms with Gasteiger partial charge in [0.25, 0.3) is 15.9 Å². The highest BCUT2D eigenvalue weighted by atomic mass is 32.2. The number of nitrogens with zero attached hydrogens (tertiary/aromatic N) is 1. The SMILES string of the molecule is COc1cccc(/C=N/NC(=O)c2cccc(S(=O)(=O)Nc3ccc(C)cc3C)c2)c1OC. The molecule has 3 aromatic carbocycles. The Morgan fingerprint density at radius 3 is 2.42 bits per heavy atom. The standard InChI is InChI=1S/C24H25N3O5S/c1-16-11-12-21(17(2)13-16)27-33(29,30)20-9-5-7-18(14-20)24(28)26-25-15-19-8-6-10-22(31-3)23(19)32-4/h5-15,27H,1-4H3,(H,26,28)/b25-15+. The summed E-state index contributed by atoms with van der Waals surface area (Å²) in [6, 6.07) is 16.4. The van der Waals surface area contributed by atoms with Gasteiger partial charge in [-0.05, 0) is 55.8 Å². The second-order valence-electron chi connectivity index (χ2n) is 7.23. The summed E-state index contributed by atoms with van der Waals surface area (Å²) in [6.45, 7) is 3.75. The van der Waals surface area contributed by atoms with Crippen LogP contribution in [0.25, 0.3) is 0 Å². The normalized spacial score (nSPS) is 11.3. The number of hydrogen-bond acceptors (Lipinski definition) is 6. The van der Waals surface area contributed by atoms with Gasteiger partial charge in [0.1, 0.15) is 0 Å². The second kappa shape index (κ2) is 10.2. The Kier molecular flexibility index (Phi) is 7.34. The van der Waals surface area contributed by atoms with Crippen molar-refractivity contribution in [1.29, 1.82) is 0 Å². The molecule has 0 aliphatic heterocycles. The Labute approximate surface area is 193 Å². The third-order valence-corrected chi connectivity index (χ3v) is 6.20. The van der Waals surface area contributed by atoms with Crippen LogP contribution in [0.5, 0.6) is 11.5 Å². The molecule has 3 aromatic rings. The van der Waals surface area contributed by atoms with E-state index < -0.39 is 15.9 Å². The van der Waals surface area contributed by atoms with Gasteiger partial charge in [-0.2, -0.15) is 5.10 Å². The number of hydrazone groups is 1. The van der Waals surface area contributed by atoms with E-state index in [2.05, 4.69) is 15.2 Å². The molecule has 0 unspecified atom stereocenters. The van der Waals surface area contributed by atoms with Crippen molar-refractivity contribution >= 4 is 27.8 Å². The van der Waals surface area contributed by atoms with Crippen molar-refractivity contribution in [3.05, 3.63) is 82.9 Å². The summed E-state index contributed by atoms with van der Waals surface area (Å²) in [7, 11) is -0.854. The summed E-state index contributed by atoms with van der Waals surface area (Å²) in [5.74, 6) is 0.447.